The summed E-state index contributed by atoms with van der Waals surface area (Å²) < 4.78 is 6.21. The lowest BCUT2D eigenvalue weighted by molar-refractivity contribution is -0.114. The molecule has 0 aliphatic carbocycles. The van der Waals surface area contributed by atoms with Gasteiger partial charge in [0, 0.05) is 29.0 Å². The largest absolute Gasteiger partial charge is 0.440 e. The van der Waals surface area contributed by atoms with Crippen LogP contribution < -0.4 is 16.0 Å². The summed E-state index contributed by atoms with van der Waals surface area (Å²) in [5, 5.41) is 9.13. The Morgan fingerprint density at radius 1 is 1.09 bits per heavy atom. The van der Waals surface area contributed by atoms with Gasteiger partial charge in [-0.05, 0) is 68.1 Å². The maximum atomic E-state index is 13.4. The second kappa shape index (κ2) is 10.7. The number of nitrogens with zero attached hydrogens (tertiary/aromatic N) is 1. The van der Waals surface area contributed by atoms with Gasteiger partial charge < -0.3 is 20.4 Å². The zero-order valence-corrected chi connectivity index (χ0v) is 19.6. The zero-order chi connectivity index (χ0) is 23.2. The highest BCUT2D eigenvalue weighted by Crippen LogP contribution is 2.33. The number of piperidine rings is 1. The van der Waals surface area contributed by atoms with E-state index in [0.29, 0.717) is 17.3 Å². The van der Waals surface area contributed by atoms with E-state index < -0.39 is 0 Å². The fourth-order valence-electron chi connectivity index (χ4n) is 3.87. The topological polar surface area (TPSA) is 96.3 Å². The first-order valence-corrected chi connectivity index (χ1v) is 12.2. The van der Waals surface area contributed by atoms with E-state index in [0.717, 1.165) is 47.8 Å². The van der Waals surface area contributed by atoms with Gasteiger partial charge in [-0.2, -0.15) is 0 Å². The second-order valence-corrected chi connectivity index (χ2v) is 9.20. The molecule has 0 radical (unpaired) electrons. The molecule has 1 fully saturated rings. The first-order valence-electron chi connectivity index (χ1n) is 11.2. The third-order valence-corrected chi connectivity index (χ3v) is 6.41. The number of carbonyl (C=O) groups excluding carboxylic acids is 2. The molecule has 0 atom stereocenters. The highest BCUT2D eigenvalue weighted by atomic mass is 32.2. The van der Waals surface area contributed by atoms with Crippen LogP contribution in [0.4, 0.5) is 11.4 Å². The molecular weight excluding hydrogens is 436 g/mol. The first kappa shape index (κ1) is 23.1. The van der Waals surface area contributed by atoms with Gasteiger partial charge in [0.05, 0.1) is 5.69 Å². The number of amides is 2. The molecule has 8 heteroatoms. The molecule has 3 N–H and O–H groups in total. The van der Waals surface area contributed by atoms with Gasteiger partial charge in [0.15, 0.2) is 17.3 Å². The van der Waals surface area contributed by atoms with Crippen LogP contribution in [0.5, 0.6) is 0 Å². The van der Waals surface area contributed by atoms with Crippen LogP contribution in [-0.4, -0.2) is 35.6 Å². The highest BCUT2D eigenvalue weighted by Gasteiger charge is 2.27. The van der Waals surface area contributed by atoms with Crippen molar-refractivity contribution in [3.8, 4) is 11.3 Å². The number of benzene rings is 2. The van der Waals surface area contributed by atoms with Gasteiger partial charge in [-0.25, -0.2) is 4.98 Å². The maximum Gasteiger partial charge on any atom is 0.278 e. The van der Waals surface area contributed by atoms with Crippen LogP contribution in [0.25, 0.3) is 11.3 Å². The minimum Gasteiger partial charge on any atom is -0.440 e. The summed E-state index contributed by atoms with van der Waals surface area (Å²) in [7, 11) is 0. The molecular formula is C25H28N4O3S. The number of hydrogen-bond donors (Lipinski definition) is 3. The SMILES string of the molecule is CCSc1ccccc1NC(=O)c1nc(C2CCNCC2)oc1-c1ccc(NC(C)=O)cc1. The molecule has 0 unspecified atom stereocenters. The van der Waals surface area contributed by atoms with Crippen molar-refractivity contribution >= 4 is 35.0 Å². The number of oxazole rings is 1. The van der Waals surface area contributed by atoms with E-state index in [2.05, 4.69) is 27.9 Å². The smallest absolute Gasteiger partial charge is 0.278 e. The van der Waals surface area contributed by atoms with E-state index in [1.54, 1.807) is 23.9 Å². The molecule has 1 aliphatic heterocycles. The van der Waals surface area contributed by atoms with Gasteiger partial charge in [-0.1, -0.05) is 19.1 Å². The lowest BCUT2D eigenvalue weighted by Gasteiger charge is -2.19. The number of nitrogens with one attached hydrogen (secondary N) is 3. The number of carbonyl (C=O) groups is 2. The van der Waals surface area contributed by atoms with Gasteiger partial charge in [0.2, 0.25) is 5.91 Å². The zero-order valence-electron chi connectivity index (χ0n) is 18.8. The van der Waals surface area contributed by atoms with Crippen LogP contribution in [-0.2, 0) is 4.79 Å². The number of hydrogen-bond acceptors (Lipinski definition) is 6. The predicted molar refractivity (Wildman–Crippen MR) is 132 cm³/mol. The van der Waals surface area contributed by atoms with Gasteiger partial charge in [0.1, 0.15) is 0 Å². The summed E-state index contributed by atoms with van der Waals surface area (Å²) in [6, 6.07) is 15.0. The summed E-state index contributed by atoms with van der Waals surface area (Å²) in [6.45, 7) is 5.34. The Bertz CT molecular complexity index is 1120. The van der Waals surface area contributed by atoms with Gasteiger partial charge in [0.25, 0.3) is 5.91 Å². The molecule has 3 aromatic rings. The monoisotopic (exact) mass is 464 g/mol. The molecule has 33 heavy (non-hydrogen) atoms. The van der Waals surface area contributed by atoms with E-state index in [9.17, 15) is 9.59 Å². The predicted octanol–water partition coefficient (Wildman–Crippen LogP) is 5.13. The van der Waals surface area contributed by atoms with Crippen molar-refractivity contribution in [1.29, 1.82) is 0 Å². The van der Waals surface area contributed by atoms with Crippen LogP contribution in [0.3, 0.4) is 0 Å². The van der Waals surface area contributed by atoms with Crippen molar-refractivity contribution in [3.63, 3.8) is 0 Å². The molecule has 0 bridgehead atoms. The average molecular weight is 465 g/mol. The lowest BCUT2D eigenvalue weighted by Crippen LogP contribution is -2.26. The Labute approximate surface area is 197 Å². The van der Waals surface area contributed by atoms with Crippen molar-refractivity contribution < 1.29 is 14.0 Å². The highest BCUT2D eigenvalue weighted by molar-refractivity contribution is 7.99. The van der Waals surface area contributed by atoms with Crippen molar-refractivity contribution in [2.24, 2.45) is 0 Å². The number of rotatable bonds is 7. The molecule has 172 valence electrons. The summed E-state index contributed by atoms with van der Waals surface area (Å²) in [6.07, 6.45) is 1.83. The molecule has 4 rings (SSSR count). The van der Waals surface area contributed by atoms with E-state index in [4.69, 9.17) is 4.42 Å². The van der Waals surface area contributed by atoms with E-state index in [1.807, 2.05) is 36.4 Å². The lowest BCUT2D eigenvalue weighted by atomic mass is 9.98. The molecule has 1 aliphatic rings. The van der Waals surface area contributed by atoms with E-state index >= 15 is 0 Å². The minimum atomic E-state index is -0.302. The van der Waals surface area contributed by atoms with Gasteiger partial charge >= 0.3 is 0 Å². The van der Waals surface area contributed by atoms with E-state index in [1.165, 1.54) is 6.92 Å². The summed E-state index contributed by atoms with van der Waals surface area (Å²) in [5.41, 5.74) is 2.44. The van der Waals surface area contributed by atoms with Crippen LogP contribution in [0.15, 0.2) is 57.8 Å². The average Bonchev–Trinajstić information content (AvgIpc) is 3.27. The normalized spacial score (nSPS) is 14.1. The molecule has 0 saturated carbocycles. The Morgan fingerprint density at radius 2 is 1.82 bits per heavy atom. The van der Waals surface area contributed by atoms with Crippen LogP contribution in [0.1, 0.15) is 49.0 Å². The molecule has 1 aromatic heterocycles. The fourth-order valence-corrected chi connectivity index (χ4v) is 4.63. The van der Waals surface area contributed by atoms with Gasteiger partial charge in [-0.3, -0.25) is 9.59 Å². The van der Waals surface area contributed by atoms with Crippen LogP contribution >= 0.6 is 11.8 Å². The number of aromatic nitrogens is 1. The standard InChI is InChI=1S/C25H28N4O3S/c1-3-33-21-7-5-4-6-20(21)28-24(31)22-23(17-8-10-19(11-9-17)27-16(2)30)32-25(29-22)18-12-14-26-15-13-18/h4-11,18,26H,3,12-15H2,1-2H3,(H,27,30)(H,28,31). The Hall–Kier alpha value is -3.10. The molecule has 2 amide bonds. The fraction of sp³-hybridized carbons (Fsp3) is 0.320. The second-order valence-electron chi connectivity index (χ2n) is 7.90. The van der Waals surface area contributed by atoms with Crippen molar-refractivity contribution in [2.45, 2.75) is 37.5 Å². The minimum absolute atomic E-state index is 0.140. The molecule has 2 aromatic carbocycles. The maximum absolute atomic E-state index is 13.4. The summed E-state index contributed by atoms with van der Waals surface area (Å²) in [4.78, 5) is 30.4. The van der Waals surface area contributed by atoms with Crippen LogP contribution in [0.2, 0.25) is 0 Å². The molecule has 1 saturated heterocycles. The number of thioether (sulfide) groups is 1. The Morgan fingerprint density at radius 3 is 2.52 bits per heavy atom. The molecule has 7 nitrogen and oxygen atoms in total. The summed E-state index contributed by atoms with van der Waals surface area (Å²) >= 11 is 1.67. The molecule has 0 spiro atoms. The first-order chi connectivity index (χ1) is 16.0. The van der Waals surface area contributed by atoms with Gasteiger partial charge in [-0.15, -0.1) is 11.8 Å². The Balaban J connectivity index is 1.67. The molecule has 2 heterocycles. The Kier molecular flexibility index (Phi) is 7.47. The number of anilines is 2. The van der Waals surface area contributed by atoms with Crippen molar-refractivity contribution in [1.82, 2.24) is 10.3 Å². The van der Waals surface area contributed by atoms with E-state index in [-0.39, 0.29) is 23.4 Å². The quantitative estimate of drug-likeness (QED) is 0.420. The third kappa shape index (κ3) is 5.64. The summed E-state index contributed by atoms with van der Waals surface area (Å²) in [5.74, 6) is 1.68. The number of para-hydroxylation sites is 1. The van der Waals surface area contributed by atoms with Crippen molar-refractivity contribution in [2.75, 3.05) is 29.5 Å². The van der Waals surface area contributed by atoms with Crippen molar-refractivity contribution in [3.05, 3.63) is 60.1 Å². The van der Waals surface area contributed by atoms with Crippen LogP contribution in [0, 0.1) is 0 Å². The third-order valence-electron chi connectivity index (χ3n) is 5.45.